The molecule has 3 heteroatoms. The van der Waals surface area contributed by atoms with Gasteiger partial charge in [-0.1, -0.05) is 12.1 Å². The molecule has 1 aliphatic heterocycles. The van der Waals surface area contributed by atoms with E-state index in [1.54, 1.807) is 7.11 Å². The van der Waals surface area contributed by atoms with Crippen molar-refractivity contribution in [1.82, 2.24) is 0 Å². The summed E-state index contributed by atoms with van der Waals surface area (Å²) in [6.45, 7) is 3.84. The predicted octanol–water partition coefficient (Wildman–Crippen LogP) is 2.11. The van der Waals surface area contributed by atoms with Gasteiger partial charge >= 0.3 is 5.97 Å². The van der Waals surface area contributed by atoms with Crippen LogP contribution in [0.15, 0.2) is 24.3 Å². The molecule has 0 bridgehead atoms. The molecule has 0 radical (unpaired) electrons. The van der Waals surface area contributed by atoms with Crippen molar-refractivity contribution < 1.29 is 14.3 Å². The summed E-state index contributed by atoms with van der Waals surface area (Å²) in [6.07, 6.45) is 0. The van der Waals surface area contributed by atoms with E-state index in [9.17, 15) is 4.79 Å². The molecule has 1 heterocycles. The maximum absolute atomic E-state index is 11.3. The summed E-state index contributed by atoms with van der Waals surface area (Å²) in [5.74, 6) is 0.498. The fourth-order valence-corrected chi connectivity index (χ4v) is 1.94. The van der Waals surface area contributed by atoms with Crippen LogP contribution in [0.4, 0.5) is 0 Å². The van der Waals surface area contributed by atoms with E-state index in [0.717, 1.165) is 11.3 Å². The Kier molecular flexibility index (Phi) is 2.18. The smallest absolute Gasteiger partial charge is 0.318 e. The molecule has 0 aliphatic carbocycles. The highest BCUT2D eigenvalue weighted by Gasteiger charge is 2.50. The number of hydrogen-bond acceptors (Lipinski definition) is 3. The second-order valence-corrected chi connectivity index (χ2v) is 4.23. The minimum absolute atomic E-state index is 0.148. The van der Waals surface area contributed by atoms with Crippen LogP contribution in [0.3, 0.4) is 0 Å². The van der Waals surface area contributed by atoms with Crippen LogP contribution in [-0.2, 0) is 9.53 Å². The third-order valence-corrected chi connectivity index (χ3v) is 2.74. The number of hydrogen-bond donors (Lipinski definition) is 0. The zero-order chi connectivity index (χ0) is 11.1. The van der Waals surface area contributed by atoms with Gasteiger partial charge in [0.15, 0.2) is 0 Å². The zero-order valence-corrected chi connectivity index (χ0v) is 9.11. The lowest BCUT2D eigenvalue weighted by atomic mass is 9.80. The number of ether oxygens (including phenoxy) is 2. The van der Waals surface area contributed by atoms with Crippen molar-refractivity contribution in [1.29, 1.82) is 0 Å². The fraction of sp³-hybridized carbons (Fsp3) is 0.417. The van der Waals surface area contributed by atoms with Gasteiger partial charge in [0.2, 0.25) is 0 Å². The summed E-state index contributed by atoms with van der Waals surface area (Å²) < 4.78 is 10.1. The van der Waals surface area contributed by atoms with Gasteiger partial charge in [-0.3, -0.25) is 4.79 Å². The van der Waals surface area contributed by atoms with E-state index in [-0.39, 0.29) is 17.5 Å². The molecule has 1 aromatic rings. The number of methoxy groups -OCH3 is 1. The lowest BCUT2D eigenvalue weighted by Gasteiger charge is -2.42. The molecule has 2 rings (SSSR count). The Morgan fingerprint density at radius 2 is 1.87 bits per heavy atom. The highest BCUT2D eigenvalue weighted by atomic mass is 16.6. The van der Waals surface area contributed by atoms with E-state index in [1.165, 1.54) is 0 Å². The number of carbonyl (C=O) groups excluding carboxylic acids is 1. The summed E-state index contributed by atoms with van der Waals surface area (Å²) in [7, 11) is 1.62. The van der Waals surface area contributed by atoms with Gasteiger partial charge < -0.3 is 9.47 Å². The van der Waals surface area contributed by atoms with Crippen LogP contribution in [-0.4, -0.2) is 18.7 Å². The number of carbonyl (C=O) groups is 1. The molecule has 0 aromatic heterocycles. The minimum atomic E-state index is -0.383. The normalized spacial score (nSPS) is 22.9. The largest absolute Gasteiger partial charge is 0.497 e. The van der Waals surface area contributed by atoms with Crippen LogP contribution in [0.5, 0.6) is 5.75 Å². The van der Waals surface area contributed by atoms with E-state index < -0.39 is 0 Å². The Hall–Kier alpha value is -1.51. The minimum Gasteiger partial charge on any atom is -0.497 e. The van der Waals surface area contributed by atoms with Gasteiger partial charge in [-0.05, 0) is 31.5 Å². The number of rotatable bonds is 2. The Morgan fingerprint density at radius 1 is 1.27 bits per heavy atom. The highest BCUT2D eigenvalue weighted by molar-refractivity contribution is 5.85. The molecule has 1 atom stereocenters. The molecule has 1 aliphatic rings. The Bertz CT molecular complexity index is 378. The van der Waals surface area contributed by atoms with E-state index >= 15 is 0 Å². The third kappa shape index (κ3) is 1.58. The number of esters is 1. The summed E-state index contributed by atoms with van der Waals surface area (Å²) in [5.41, 5.74) is 0.600. The van der Waals surface area contributed by atoms with E-state index in [4.69, 9.17) is 9.47 Å². The standard InChI is InChI=1S/C12H14O3/c1-12(2)10(11(13)15-12)8-4-6-9(14-3)7-5-8/h4-7,10H,1-3H3. The van der Waals surface area contributed by atoms with Crippen molar-refractivity contribution in [2.75, 3.05) is 7.11 Å². The van der Waals surface area contributed by atoms with Crippen LogP contribution in [0.25, 0.3) is 0 Å². The van der Waals surface area contributed by atoms with Gasteiger partial charge in [-0.25, -0.2) is 0 Å². The Labute approximate surface area is 89.0 Å². The van der Waals surface area contributed by atoms with Crippen molar-refractivity contribution in [3.8, 4) is 5.75 Å². The molecule has 0 amide bonds. The molecular weight excluding hydrogens is 192 g/mol. The van der Waals surface area contributed by atoms with Gasteiger partial charge in [-0.15, -0.1) is 0 Å². The summed E-state index contributed by atoms with van der Waals surface area (Å²) >= 11 is 0. The predicted molar refractivity (Wildman–Crippen MR) is 55.9 cm³/mol. The molecule has 1 saturated heterocycles. The molecule has 0 saturated carbocycles. The van der Waals surface area contributed by atoms with Crippen molar-refractivity contribution in [2.45, 2.75) is 25.4 Å². The second-order valence-electron chi connectivity index (χ2n) is 4.23. The first kappa shape index (κ1) is 10.0. The SMILES string of the molecule is COc1ccc(C2C(=O)OC2(C)C)cc1. The Morgan fingerprint density at radius 3 is 2.27 bits per heavy atom. The molecular formula is C12H14O3. The highest BCUT2D eigenvalue weighted by Crippen LogP contribution is 2.41. The number of cyclic esters (lactones) is 1. The molecule has 15 heavy (non-hydrogen) atoms. The molecule has 80 valence electrons. The van der Waals surface area contributed by atoms with Gasteiger partial charge in [0.05, 0.1) is 7.11 Å². The van der Waals surface area contributed by atoms with E-state index in [2.05, 4.69) is 0 Å². The van der Waals surface area contributed by atoms with Gasteiger partial charge in [0.25, 0.3) is 0 Å². The monoisotopic (exact) mass is 206 g/mol. The second kappa shape index (κ2) is 3.26. The van der Waals surface area contributed by atoms with Crippen LogP contribution >= 0.6 is 0 Å². The molecule has 1 aromatic carbocycles. The topological polar surface area (TPSA) is 35.5 Å². The molecule has 0 spiro atoms. The summed E-state index contributed by atoms with van der Waals surface area (Å²) in [6, 6.07) is 7.53. The van der Waals surface area contributed by atoms with Crippen molar-refractivity contribution in [2.24, 2.45) is 0 Å². The first-order valence-corrected chi connectivity index (χ1v) is 4.91. The fourth-order valence-electron chi connectivity index (χ4n) is 1.94. The molecule has 1 unspecified atom stereocenters. The van der Waals surface area contributed by atoms with Crippen molar-refractivity contribution >= 4 is 5.97 Å². The molecule has 1 fully saturated rings. The van der Waals surface area contributed by atoms with Gasteiger partial charge in [0, 0.05) is 0 Å². The average molecular weight is 206 g/mol. The zero-order valence-electron chi connectivity index (χ0n) is 9.11. The average Bonchev–Trinajstić information content (AvgIpc) is 2.17. The van der Waals surface area contributed by atoms with E-state index in [1.807, 2.05) is 38.1 Å². The third-order valence-electron chi connectivity index (χ3n) is 2.74. The first-order chi connectivity index (χ1) is 7.04. The quantitative estimate of drug-likeness (QED) is 0.695. The Balaban J connectivity index is 2.26. The van der Waals surface area contributed by atoms with Gasteiger partial charge in [-0.2, -0.15) is 0 Å². The number of benzene rings is 1. The summed E-state index contributed by atoms with van der Waals surface area (Å²) in [5, 5.41) is 0. The maximum Gasteiger partial charge on any atom is 0.318 e. The first-order valence-electron chi connectivity index (χ1n) is 4.91. The van der Waals surface area contributed by atoms with E-state index in [0.29, 0.717) is 0 Å². The molecule has 0 N–H and O–H groups in total. The summed E-state index contributed by atoms with van der Waals surface area (Å²) in [4.78, 5) is 11.3. The van der Waals surface area contributed by atoms with Gasteiger partial charge in [0.1, 0.15) is 17.3 Å². The lowest BCUT2D eigenvalue weighted by Crippen LogP contribution is -2.51. The van der Waals surface area contributed by atoms with Crippen LogP contribution < -0.4 is 4.74 Å². The van der Waals surface area contributed by atoms with Crippen molar-refractivity contribution in [3.63, 3.8) is 0 Å². The van der Waals surface area contributed by atoms with Crippen LogP contribution in [0, 0.1) is 0 Å². The van der Waals surface area contributed by atoms with Crippen LogP contribution in [0.2, 0.25) is 0 Å². The van der Waals surface area contributed by atoms with Crippen molar-refractivity contribution in [3.05, 3.63) is 29.8 Å². The lowest BCUT2D eigenvalue weighted by molar-refractivity contribution is -0.191. The molecule has 3 nitrogen and oxygen atoms in total. The van der Waals surface area contributed by atoms with Crippen LogP contribution in [0.1, 0.15) is 25.3 Å². The maximum atomic E-state index is 11.3.